The lowest BCUT2D eigenvalue weighted by atomic mass is 9.63. The Morgan fingerprint density at radius 2 is 1.76 bits per heavy atom. The van der Waals surface area contributed by atoms with Gasteiger partial charge in [0.25, 0.3) is 0 Å². The van der Waals surface area contributed by atoms with Crippen molar-refractivity contribution in [2.75, 3.05) is 33.2 Å². The van der Waals surface area contributed by atoms with Gasteiger partial charge in [-0.1, -0.05) is 29.8 Å². The van der Waals surface area contributed by atoms with E-state index >= 15 is 0 Å². The molecule has 5 aliphatic rings. The quantitative estimate of drug-likeness (QED) is 0.827. The lowest BCUT2D eigenvalue weighted by molar-refractivity contribution is -0.146. The monoisotopic (exact) mass is 338 g/mol. The maximum Gasteiger partial charge on any atom is 0.229 e. The molecule has 3 heteroatoms. The van der Waals surface area contributed by atoms with Gasteiger partial charge in [-0.25, -0.2) is 0 Å². The van der Waals surface area contributed by atoms with E-state index in [0.29, 0.717) is 11.8 Å². The summed E-state index contributed by atoms with van der Waals surface area (Å²) < 4.78 is 0. The predicted molar refractivity (Wildman–Crippen MR) is 99.4 cm³/mol. The fraction of sp³-hybridized carbons (Fsp3) is 0.682. The summed E-state index contributed by atoms with van der Waals surface area (Å²) in [5.74, 6) is 1.90. The minimum atomic E-state index is -0.0380. The molecule has 0 spiro atoms. The Balaban J connectivity index is 1.45. The van der Waals surface area contributed by atoms with Crippen molar-refractivity contribution < 1.29 is 4.79 Å². The highest BCUT2D eigenvalue weighted by Crippen LogP contribution is 2.71. The highest BCUT2D eigenvalue weighted by Gasteiger charge is 2.67. The van der Waals surface area contributed by atoms with Crippen LogP contribution in [0.5, 0.6) is 0 Å². The molecule has 25 heavy (non-hydrogen) atoms. The molecule has 0 radical (unpaired) electrons. The topological polar surface area (TPSA) is 23.6 Å². The van der Waals surface area contributed by atoms with Gasteiger partial charge in [0.2, 0.25) is 5.91 Å². The highest BCUT2D eigenvalue weighted by atomic mass is 16.2. The highest BCUT2D eigenvalue weighted by molar-refractivity contribution is 5.85. The van der Waals surface area contributed by atoms with Crippen molar-refractivity contribution in [3.8, 4) is 0 Å². The number of hydrogen-bond donors (Lipinski definition) is 0. The van der Waals surface area contributed by atoms with E-state index in [1.54, 1.807) is 0 Å². The van der Waals surface area contributed by atoms with Gasteiger partial charge in [0, 0.05) is 26.2 Å². The standard InChI is InChI=1S/C22H30N2O/c1-16-3-5-18(6-4-16)21-12-17-11-19(14-21)22(13-17,15-21)20(25)24-9-7-23(2)8-10-24/h3-6,17,19H,7-15H2,1-2H3. The van der Waals surface area contributed by atoms with Crippen molar-refractivity contribution in [2.45, 2.75) is 44.4 Å². The molecule has 4 saturated carbocycles. The molecule has 1 heterocycles. The molecule has 1 aromatic rings. The zero-order chi connectivity index (χ0) is 17.2. The number of hydrogen-bond acceptors (Lipinski definition) is 2. The first kappa shape index (κ1) is 15.9. The largest absolute Gasteiger partial charge is 0.340 e. The van der Waals surface area contributed by atoms with Gasteiger partial charge < -0.3 is 9.80 Å². The van der Waals surface area contributed by atoms with Crippen LogP contribution < -0.4 is 0 Å². The van der Waals surface area contributed by atoms with E-state index in [1.807, 2.05) is 0 Å². The fourth-order valence-corrected chi connectivity index (χ4v) is 6.81. The second-order valence-corrected chi connectivity index (χ2v) is 9.49. The molecule has 1 aliphatic heterocycles. The average molecular weight is 338 g/mol. The lowest BCUT2D eigenvalue weighted by Gasteiger charge is -2.43. The van der Waals surface area contributed by atoms with Crippen molar-refractivity contribution >= 4 is 5.91 Å². The third-order valence-electron chi connectivity index (χ3n) is 7.90. The SMILES string of the molecule is Cc1ccc(C23CC4CC(C2)C(C(=O)N2CCN(C)CC2)(C4)C3)cc1. The maximum atomic E-state index is 13.6. The molecule has 0 aromatic heterocycles. The second-order valence-electron chi connectivity index (χ2n) is 9.49. The summed E-state index contributed by atoms with van der Waals surface area (Å²) in [5.41, 5.74) is 3.07. The van der Waals surface area contributed by atoms with Crippen molar-refractivity contribution in [1.82, 2.24) is 9.80 Å². The molecule has 4 aliphatic carbocycles. The minimum absolute atomic E-state index is 0.0380. The summed E-state index contributed by atoms with van der Waals surface area (Å²) in [6, 6.07) is 9.20. The average Bonchev–Trinajstić information content (AvgIpc) is 2.99. The normalized spacial score (nSPS) is 40.0. The van der Waals surface area contributed by atoms with Gasteiger partial charge in [-0.2, -0.15) is 0 Å². The van der Waals surface area contributed by atoms with Crippen molar-refractivity contribution in [3.05, 3.63) is 35.4 Å². The number of likely N-dealkylation sites (N-methyl/N-ethyl adjacent to an activating group) is 1. The van der Waals surface area contributed by atoms with E-state index in [2.05, 4.69) is 48.0 Å². The van der Waals surface area contributed by atoms with Crippen LogP contribution in [0.4, 0.5) is 0 Å². The predicted octanol–water partition coefficient (Wildman–Crippen LogP) is 3.22. The third-order valence-corrected chi connectivity index (χ3v) is 7.90. The third kappa shape index (κ3) is 2.24. The number of benzene rings is 1. The van der Waals surface area contributed by atoms with Gasteiger partial charge >= 0.3 is 0 Å². The molecular formula is C22H30N2O. The van der Waals surface area contributed by atoms with E-state index in [-0.39, 0.29) is 10.8 Å². The van der Waals surface area contributed by atoms with Gasteiger partial charge in [-0.05, 0) is 68.9 Å². The molecule has 3 nitrogen and oxygen atoms in total. The molecule has 4 atom stereocenters. The van der Waals surface area contributed by atoms with Gasteiger partial charge in [0.15, 0.2) is 0 Å². The number of carbonyl (C=O) groups excluding carboxylic acids is 1. The Bertz CT molecular complexity index is 690. The van der Waals surface area contributed by atoms with E-state index < -0.39 is 0 Å². The van der Waals surface area contributed by atoms with E-state index in [0.717, 1.165) is 44.9 Å². The van der Waals surface area contributed by atoms with Gasteiger partial charge in [-0.3, -0.25) is 4.79 Å². The Morgan fingerprint density at radius 3 is 2.48 bits per heavy atom. The fourth-order valence-electron chi connectivity index (χ4n) is 6.81. The number of aryl methyl sites for hydroxylation is 1. The van der Waals surface area contributed by atoms with Crippen molar-refractivity contribution in [1.29, 1.82) is 0 Å². The molecule has 1 aromatic carbocycles. The smallest absolute Gasteiger partial charge is 0.229 e. The first-order valence-electron chi connectivity index (χ1n) is 10.1. The van der Waals surface area contributed by atoms with Crippen LogP contribution in [0.3, 0.4) is 0 Å². The van der Waals surface area contributed by atoms with Gasteiger partial charge in [0.1, 0.15) is 0 Å². The Kier molecular flexibility index (Phi) is 3.38. The maximum absolute atomic E-state index is 13.6. The van der Waals surface area contributed by atoms with Gasteiger partial charge in [-0.15, -0.1) is 0 Å². The first-order chi connectivity index (χ1) is 12.0. The van der Waals surface area contributed by atoms with Crippen LogP contribution in [-0.2, 0) is 10.2 Å². The van der Waals surface area contributed by atoms with Crippen LogP contribution in [0, 0.1) is 24.2 Å². The first-order valence-corrected chi connectivity index (χ1v) is 10.1. The molecule has 4 bridgehead atoms. The Hall–Kier alpha value is -1.35. The molecule has 6 rings (SSSR count). The number of rotatable bonds is 2. The van der Waals surface area contributed by atoms with Crippen LogP contribution in [0.2, 0.25) is 0 Å². The van der Waals surface area contributed by atoms with Crippen LogP contribution >= 0.6 is 0 Å². The second kappa shape index (κ2) is 5.33. The summed E-state index contributed by atoms with van der Waals surface area (Å²) in [4.78, 5) is 18.2. The zero-order valence-corrected chi connectivity index (χ0v) is 15.6. The van der Waals surface area contributed by atoms with Crippen LogP contribution in [0.1, 0.15) is 43.2 Å². The van der Waals surface area contributed by atoms with E-state index in [4.69, 9.17) is 0 Å². The number of carbonyl (C=O) groups is 1. The Labute approximate surface area is 151 Å². The van der Waals surface area contributed by atoms with E-state index in [9.17, 15) is 4.79 Å². The lowest BCUT2D eigenvalue weighted by Crippen LogP contribution is -2.53. The number of piperazine rings is 1. The molecule has 4 unspecified atom stereocenters. The summed E-state index contributed by atoms with van der Waals surface area (Å²) in [6.45, 7) is 6.06. The molecule has 1 amide bonds. The summed E-state index contributed by atoms with van der Waals surface area (Å²) in [6.07, 6.45) is 6.12. The van der Waals surface area contributed by atoms with Crippen molar-refractivity contribution in [3.63, 3.8) is 0 Å². The van der Waals surface area contributed by atoms with Crippen molar-refractivity contribution in [2.24, 2.45) is 17.3 Å². The van der Waals surface area contributed by atoms with E-state index in [1.165, 1.54) is 30.4 Å². The summed E-state index contributed by atoms with van der Waals surface area (Å²) >= 11 is 0. The molecular weight excluding hydrogens is 308 g/mol. The molecule has 5 fully saturated rings. The molecule has 0 N–H and O–H groups in total. The Morgan fingerprint density at radius 1 is 1.04 bits per heavy atom. The van der Waals surface area contributed by atoms with Gasteiger partial charge in [0.05, 0.1) is 5.41 Å². The zero-order valence-electron chi connectivity index (χ0n) is 15.6. The minimum Gasteiger partial charge on any atom is -0.340 e. The van der Waals surface area contributed by atoms with Crippen LogP contribution in [0.25, 0.3) is 0 Å². The number of amides is 1. The van der Waals surface area contributed by atoms with Crippen LogP contribution in [0.15, 0.2) is 24.3 Å². The molecule has 1 saturated heterocycles. The number of nitrogens with zero attached hydrogens (tertiary/aromatic N) is 2. The molecule has 134 valence electrons. The summed E-state index contributed by atoms with van der Waals surface area (Å²) in [5, 5.41) is 0. The summed E-state index contributed by atoms with van der Waals surface area (Å²) in [7, 11) is 2.16. The van der Waals surface area contributed by atoms with Crippen LogP contribution in [-0.4, -0.2) is 48.9 Å².